The Kier molecular flexibility index (Phi) is 5.17. The lowest BCUT2D eigenvalue weighted by Gasteiger charge is -2.30. The van der Waals surface area contributed by atoms with Crippen molar-refractivity contribution >= 4 is 5.91 Å². The fourth-order valence-corrected chi connectivity index (χ4v) is 2.83. The summed E-state index contributed by atoms with van der Waals surface area (Å²) in [6.07, 6.45) is 1.72. The molecule has 1 aromatic heterocycles. The number of hydrogen-bond donors (Lipinski definition) is 0. The van der Waals surface area contributed by atoms with Gasteiger partial charge >= 0.3 is 5.69 Å². The summed E-state index contributed by atoms with van der Waals surface area (Å²) in [5, 5.41) is 4.50. The Hall–Kier alpha value is -1.63. The van der Waals surface area contributed by atoms with Gasteiger partial charge in [0.25, 0.3) is 0 Å². The van der Waals surface area contributed by atoms with Crippen LogP contribution in [-0.4, -0.2) is 52.0 Å². The van der Waals surface area contributed by atoms with E-state index in [1.807, 2.05) is 11.8 Å². The molecule has 7 heteroatoms. The number of methoxy groups -OCH3 is 1. The van der Waals surface area contributed by atoms with Crippen molar-refractivity contribution in [1.29, 1.82) is 0 Å². The van der Waals surface area contributed by atoms with Gasteiger partial charge in [0.05, 0.1) is 13.2 Å². The Labute approximate surface area is 124 Å². The second-order valence-electron chi connectivity index (χ2n) is 5.38. The molecule has 1 amide bonds. The molecule has 0 bridgehead atoms. The predicted octanol–water partition coefficient (Wildman–Crippen LogP) is 0.437. The minimum Gasteiger partial charge on any atom is -0.383 e. The van der Waals surface area contributed by atoms with Crippen molar-refractivity contribution in [2.75, 3.05) is 26.8 Å². The van der Waals surface area contributed by atoms with Crippen LogP contribution >= 0.6 is 0 Å². The van der Waals surface area contributed by atoms with E-state index in [0.29, 0.717) is 19.7 Å². The van der Waals surface area contributed by atoms with Gasteiger partial charge in [-0.05, 0) is 19.8 Å². The van der Waals surface area contributed by atoms with Crippen LogP contribution in [0.1, 0.15) is 38.4 Å². The number of aromatic nitrogens is 3. The number of rotatable bonds is 5. The zero-order chi connectivity index (χ0) is 15.4. The van der Waals surface area contributed by atoms with Crippen LogP contribution in [0.5, 0.6) is 0 Å². The molecule has 0 spiro atoms. The van der Waals surface area contributed by atoms with E-state index in [-0.39, 0.29) is 17.5 Å². The van der Waals surface area contributed by atoms with E-state index < -0.39 is 0 Å². The number of ether oxygens (including phenoxy) is 1. The maximum atomic E-state index is 12.3. The first-order valence-corrected chi connectivity index (χ1v) is 7.50. The number of carbonyl (C=O) groups excluding carboxylic acids is 1. The zero-order valence-corrected chi connectivity index (χ0v) is 13.0. The number of carbonyl (C=O) groups is 1. The molecule has 0 saturated carbocycles. The molecule has 7 nitrogen and oxygen atoms in total. The minimum atomic E-state index is -0.0708. The van der Waals surface area contributed by atoms with E-state index in [1.165, 1.54) is 4.68 Å². The summed E-state index contributed by atoms with van der Waals surface area (Å²) in [5.74, 6) is 1.21. The maximum absolute atomic E-state index is 12.3. The fourth-order valence-electron chi connectivity index (χ4n) is 2.83. The third kappa shape index (κ3) is 3.34. The van der Waals surface area contributed by atoms with E-state index in [2.05, 4.69) is 5.10 Å². The average molecular weight is 296 g/mol. The van der Waals surface area contributed by atoms with Gasteiger partial charge in [0, 0.05) is 39.6 Å². The van der Waals surface area contributed by atoms with Gasteiger partial charge in [-0.2, -0.15) is 5.10 Å². The first-order valence-electron chi connectivity index (χ1n) is 7.50. The molecule has 0 aliphatic carbocycles. The number of likely N-dealkylation sites (tertiary alicyclic amines) is 1. The molecule has 0 aromatic carbocycles. The highest BCUT2D eigenvalue weighted by molar-refractivity contribution is 5.73. The third-order valence-corrected chi connectivity index (χ3v) is 4.08. The highest BCUT2D eigenvalue weighted by atomic mass is 16.5. The van der Waals surface area contributed by atoms with Crippen molar-refractivity contribution in [3.8, 4) is 0 Å². The molecule has 1 aliphatic rings. The van der Waals surface area contributed by atoms with Crippen LogP contribution in [0.4, 0.5) is 0 Å². The fraction of sp³-hybridized carbons (Fsp3) is 0.786. The van der Waals surface area contributed by atoms with E-state index in [4.69, 9.17) is 4.74 Å². The van der Waals surface area contributed by atoms with Gasteiger partial charge in [-0.25, -0.2) is 9.48 Å². The number of nitrogens with zero attached hydrogens (tertiary/aromatic N) is 4. The molecule has 0 unspecified atom stereocenters. The second-order valence-corrected chi connectivity index (χ2v) is 5.38. The van der Waals surface area contributed by atoms with Crippen LogP contribution in [0.15, 0.2) is 4.79 Å². The van der Waals surface area contributed by atoms with Gasteiger partial charge in [0.2, 0.25) is 5.91 Å². The van der Waals surface area contributed by atoms with E-state index >= 15 is 0 Å². The van der Waals surface area contributed by atoms with Gasteiger partial charge in [0.15, 0.2) is 0 Å². The topological polar surface area (TPSA) is 69.4 Å². The van der Waals surface area contributed by atoms with E-state index in [0.717, 1.165) is 31.8 Å². The lowest BCUT2D eigenvalue weighted by Crippen LogP contribution is -2.37. The van der Waals surface area contributed by atoms with Crippen LogP contribution in [0.2, 0.25) is 0 Å². The summed E-state index contributed by atoms with van der Waals surface area (Å²) in [5.41, 5.74) is -0.0708. The van der Waals surface area contributed by atoms with Gasteiger partial charge in [-0.3, -0.25) is 9.36 Å². The molecule has 1 aliphatic heterocycles. The molecule has 2 heterocycles. The van der Waals surface area contributed by atoms with Crippen molar-refractivity contribution in [2.24, 2.45) is 0 Å². The third-order valence-electron chi connectivity index (χ3n) is 4.08. The van der Waals surface area contributed by atoms with Gasteiger partial charge in [-0.1, -0.05) is 0 Å². The first kappa shape index (κ1) is 15.8. The molecule has 1 saturated heterocycles. The zero-order valence-electron chi connectivity index (χ0n) is 13.0. The first-order chi connectivity index (χ1) is 10.1. The average Bonchev–Trinajstić information content (AvgIpc) is 2.81. The molecule has 1 fully saturated rings. The molecule has 21 heavy (non-hydrogen) atoms. The number of amides is 1. The number of piperidine rings is 1. The molecular formula is C14H24N4O3. The highest BCUT2D eigenvalue weighted by Gasteiger charge is 2.27. The summed E-state index contributed by atoms with van der Waals surface area (Å²) in [6, 6.07) is 0. The highest BCUT2D eigenvalue weighted by Crippen LogP contribution is 2.26. The Morgan fingerprint density at radius 3 is 2.57 bits per heavy atom. The summed E-state index contributed by atoms with van der Waals surface area (Å²) in [4.78, 5) is 25.5. The quantitative estimate of drug-likeness (QED) is 0.790. The maximum Gasteiger partial charge on any atom is 0.345 e. The van der Waals surface area contributed by atoms with Crippen LogP contribution in [0.3, 0.4) is 0 Å². The Bertz CT molecular complexity index is 541. The molecular weight excluding hydrogens is 272 g/mol. The standard InChI is InChI=1S/C14H24N4O3/c1-4-17-13(15-18(14(17)20)9-10-21-3)12-5-7-16(8-6-12)11(2)19/h12H,4-10H2,1-3H3. The molecule has 0 N–H and O–H groups in total. The van der Waals surface area contributed by atoms with Crippen LogP contribution in [-0.2, 0) is 22.6 Å². The van der Waals surface area contributed by atoms with Crippen molar-refractivity contribution in [3.63, 3.8) is 0 Å². The van der Waals surface area contributed by atoms with Gasteiger partial charge in [-0.15, -0.1) is 0 Å². The minimum absolute atomic E-state index is 0.0708. The van der Waals surface area contributed by atoms with Crippen LogP contribution < -0.4 is 5.69 Å². The van der Waals surface area contributed by atoms with Gasteiger partial charge in [0.1, 0.15) is 5.82 Å². The molecule has 0 radical (unpaired) electrons. The number of hydrogen-bond acceptors (Lipinski definition) is 4. The smallest absolute Gasteiger partial charge is 0.345 e. The van der Waals surface area contributed by atoms with Crippen molar-refractivity contribution < 1.29 is 9.53 Å². The molecule has 0 atom stereocenters. The summed E-state index contributed by atoms with van der Waals surface area (Å²) < 4.78 is 8.24. The van der Waals surface area contributed by atoms with Gasteiger partial charge < -0.3 is 9.64 Å². The van der Waals surface area contributed by atoms with Crippen LogP contribution in [0.25, 0.3) is 0 Å². The van der Waals surface area contributed by atoms with Crippen molar-refractivity contribution in [3.05, 3.63) is 16.3 Å². The monoisotopic (exact) mass is 296 g/mol. The van der Waals surface area contributed by atoms with Crippen LogP contribution in [0, 0.1) is 0 Å². The summed E-state index contributed by atoms with van der Waals surface area (Å²) in [6.45, 7) is 6.60. The second kappa shape index (κ2) is 6.89. The molecule has 2 rings (SSSR count). The Morgan fingerprint density at radius 2 is 2.05 bits per heavy atom. The van der Waals surface area contributed by atoms with Crippen molar-refractivity contribution in [2.45, 2.75) is 45.7 Å². The van der Waals surface area contributed by atoms with Crippen molar-refractivity contribution in [1.82, 2.24) is 19.2 Å². The SMILES string of the molecule is CCn1c(C2CCN(C(C)=O)CC2)nn(CCOC)c1=O. The van der Waals surface area contributed by atoms with E-state index in [1.54, 1.807) is 18.6 Å². The normalized spacial score (nSPS) is 16.4. The lowest BCUT2D eigenvalue weighted by molar-refractivity contribution is -0.129. The summed E-state index contributed by atoms with van der Waals surface area (Å²) >= 11 is 0. The molecule has 1 aromatic rings. The van der Waals surface area contributed by atoms with E-state index in [9.17, 15) is 9.59 Å². The molecule has 118 valence electrons. The lowest BCUT2D eigenvalue weighted by atomic mass is 9.96. The summed E-state index contributed by atoms with van der Waals surface area (Å²) in [7, 11) is 1.61. The Balaban J connectivity index is 2.16. The predicted molar refractivity (Wildman–Crippen MR) is 78.3 cm³/mol. The Morgan fingerprint density at radius 1 is 1.38 bits per heavy atom. The largest absolute Gasteiger partial charge is 0.383 e.